The summed E-state index contributed by atoms with van der Waals surface area (Å²) in [6.45, 7) is 3.72. The van der Waals surface area contributed by atoms with Crippen molar-refractivity contribution in [3.63, 3.8) is 0 Å². The third kappa shape index (κ3) is 7.34. The van der Waals surface area contributed by atoms with Crippen LogP contribution < -0.4 is 10.6 Å². The number of thiol groups is 1. The van der Waals surface area contributed by atoms with Crippen molar-refractivity contribution in [3.8, 4) is 0 Å². The van der Waals surface area contributed by atoms with E-state index in [-0.39, 0.29) is 12.5 Å². The fraction of sp³-hybridized carbons (Fsp3) is 0.250. The number of hydrogen-bond acceptors (Lipinski definition) is 7. The van der Waals surface area contributed by atoms with E-state index in [4.69, 9.17) is 14.2 Å². The second kappa shape index (κ2) is 12.4. The lowest BCUT2D eigenvalue weighted by Crippen LogP contribution is -2.36. The summed E-state index contributed by atoms with van der Waals surface area (Å²) in [7, 11) is 2.84. The van der Waals surface area contributed by atoms with Crippen molar-refractivity contribution >= 4 is 36.3 Å². The molecule has 0 spiro atoms. The summed E-state index contributed by atoms with van der Waals surface area (Å²) >= 11 is 4.35. The summed E-state index contributed by atoms with van der Waals surface area (Å²) in [4.78, 5) is 37.8. The van der Waals surface area contributed by atoms with Gasteiger partial charge in [0.15, 0.2) is 0 Å². The SMILES string of the molecule is COC[C@@H](NC(=O)OC(C)(C)c1ccc(C(=O)Nc2ccccc2S)cc1)c1ccc(C(=O)OC)cc1. The topological polar surface area (TPSA) is 103 Å². The molecule has 0 saturated carbocycles. The minimum atomic E-state index is -0.983. The zero-order valence-corrected chi connectivity index (χ0v) is 22.0. The normalized spacial score (nSPS) is 11.8. The molecule has 0 fully saturated rings. The van der Waals surface area contributed by atoms with Gasteiger partial charge in [-0.1, -0.05) is 36.4 Å². The van der Waals surface area contributed by atoms with Gasteiger partial charge in [0.1, 0.15) is 5.60 Å². The van der Waals surface area contributed by atoms with Gasteiger partial charge in [0.25, 0.3) is 5.91 Å². The summed E-state index contributed by atoms with van der Waals surface area (Å²) in [5.74, 6) is -0.718. The highest BCUT2D eigenvalue weighted by Gasteiger charge is 2.27. The summed E-state index contributed by atoms with van der Waals surface area (Å²) < 4.78 is 15.7. The average molecular weight is 523 g/mol. The smallest absolute Gasteiger partial charge is 0.408 e. The summed E-state index contributed by atoms with van der Waals surface area (Å²) in [5, 5.41) is 5.64. The van der Waals surface area contributed by atoms with Crippen LogP contribution in [0.25, 0.3) is 0 Å². The third-order valence-electron chi connectivity index (χ3n) is 5.70. The average Bonchev–Trinajstić information content (AvgIpc) is 2.89. The molecule has 0 aromatic heterocycles. The Morgan fingerprint density at radius 2 is 1.51 bits per heavy atom. The van der Waals surface area contributed by atoms with Crippen molar-refractivity contribution in [2.75, 3.05) is 26.1 Å². The van der Waals surface area contributed by atoms with Gasteiger partial charge in [-0.2, -0.15) is 0 Å². The largest absolute Gasteiger partial charge is 0.465 e. The first-order valence-corrected chi connectivity index (χ1v) is 12.0. The maximum Gasteiger partial charge on any atom is 0.408 e. The van der Waals surface area contributed by atoms with Crippen molar-refractivity contribution in [3.05, 3.63) is 95.1 Å². The predicted molar refractivity (Wildman–Crippen MR) is 143 cm³/mol. The van der Waals surface area contributed by atoms with Gasteiger partial charge in [-0.15, -0.1) is 12.6 Å². The van der Waals surface area contributed by atoms with Crippen LogP contribution >= 0.6 is 12.6 Å². The number of alkyl carbamates (subject to hydrolysis) is 1. The van der Waals surface area contributed by atoms with Crippen molar-refractivity contribution in [2.45, 2.75) is 30.4 Å². The quantitative estimate of drug-likeness (QED) is 0.258. The van der Waals surface area contributed by atoms with Crippen LogP contribution in [0.15, 0.2) is 77.7 Å². The molecule has 2 N–H and O–H groups in total. The zero-order valence-electron chi connectivity index (χ0n) is 21.1. The molecular formula is C28H30N2O6S. The number of benzene rings is 3. The number of anilines is 1. The van der Waals surface area contributed by atoms with Gasteiger partial charge < -0.3 is 24.8 Å². The monoisotopic (exact) mass is 522 g/mol. The van der Waals surface area contributed by atoms with Crippen LogP contribution in [-0.4, -0.2) is 38.8 Å². The Kier molecular flexibility index (Phi) is 9.32. The van der Waals surface area contributed by atoms with Crippen LogP contribution in [-0.2, 0) is 19.8 Å². The molecule has 0 aliphatic carbocycles. The maximum absolute atomic E-state index is 12.8. The van der Waals surface area contributed by atoms with E-state index in [1.54, 1.807) is 74.5 Å². The molecule has 9 heteroatoms. The van der Waals surface area contributed by atoms with Gasteiger partial charge in [0.2, 0.25) is 0 Å². The molecule has 0 aliphatic heterocycles. The van der Waals surface area contributed by atoms with Crippen LogP contribution in [0.3, 0.4) is 0 Å². The van der Waals surface area contributed by atoms with Crippen LogP contribution in [0.1, 0.15) is 51.7 Å². The van der Waals surface area contributed by atoms with Gasteiger partial charge in [0, 0.05) is 17.6 Å². The van der Waals surface area contributed by atoms with E-state index in [2.05, 4.69) is 23.3 Å². The Morgan fingerprint density at radius 1 is 0.892 bits per heavy atom. The Hall–Kier alpha value is -3.82. The van der Waals surface area contributed by atoms with Crippen LogP contribution in [0.2, 0.25) is 0 Å². The Balaban J connectivity index is 1.65. The molecule has 37 heavy (non-hydrogen) atoms. The van der Waals surface area contributed by atoms with Crippen molar-refractivity contribution < 1.29 is 28.6 Å². The van der Waals surface area contributed by atoms with Gasteiger partial charge in [-0.05, 0) is 61.4 Å². The van der Waals surface area contributed by atoms with Gasteiger partial charge in [0.05, 0.1) is 31.0 Å². The van der Waals surface area contributed by atoms with Crippen molar-refractivity contribution in [1.29, 1.82) is 0 Å². The number of esters is 1. The number of hydrogen-bond donors (Lipinski definition) is 3. The lowest BCUT2D eigenvalue weighted by molar-refractivity contribution is 0.0313. The molecule has 0 heterocycles. The van der Waals surface area contributed by atoms with Crippen molar-refractivity contribution in [2.24, 2.45) is 0 Å². The van der Waals surface area contributed by atoms with Gasteiger partial charge in [-0.3, -0.25) is 4.79 Å². The molecule has 3 aromatic carbocycles. The van der Waals surface area contributed by atoms with Crippen LogP contribution in [0, 0.1) is 0 Å². The molecule has 194 valence electrons. The third-order valence-corrected chi connectivity index (χ3v) is 6.09. The number of rotatable bonds is 9. The van der Waals surface area contributed by atoms with Gasteiger partial charge >= 0.3 is 12.1 Å². The zero-order chi connectivity index (χ0) is 27.0. The number of ether oxygens (including phenoxy) is 3. The van der Waals surface area contributed by atoms with E-state index in [9.17, 15) is 14.4 Å². The standard InChI is InChI=1S/C28H30N2O6S/c1-28(2,21-15-13-19(14-16-21)25(31)29-22-7-5-6-8-24(22)37)36-27(33)30-23(17-34-3)18-9-11-20(12-10-18)26(32)35-4/h5-16,23,37H,17H2,1-4H3,(H,29,31)(H,30,33)/t23-/m1/s1. The molecule has 3 aromatic rings. The minimum Gasteiger partial charge on any atom is -0.465 e. The Morgan fingerprint density at radius 3 is 2.11 bits per heavy atom. The van der Waals surface area contributed by atoms with Gasteiger partial charge in [-0.25, -0.2) is 9.59 Å². The van der Waals surface area contributed by atoms with Crippen LogP contribution in [0.5, 0.6) is 0 Å². The maximum atomic E-state index is 12.8. The van der Waals surface area contributed by atoms with Crippen molar-refractivity contribution in [1.82, 2.24) is 5.32 Å². The second-order valence-electron chi connectivity index (χ2n) is 8.71. The number of methoxy groups -OCH3 is 2. The Bertz CT molecular complexity index is 1240. The minimum absolute atomic E-state index is 0.201. The number of amides is 2. The molecule has 3 rings (SSSR count). The molecule has 0 bridgehead atoms. The fourth-order valence-electron chi connectivity index (χ4n) is 3.62. The molecular weight excluding hydrogens is 492 g/mol. The molecule has 0 aliphatic rings. The van der Waals surface area contributed by atoms with E-state index in [0.717, 1.165) is 5.56 Å². The van der Waals surface area contributed by atoms with Crippen LogP contribution in [0.4, 0.5) is 10.5 Å². The lowest BCUT2D eigenvalue weighted by atomic mass is 9.97. The molecule has 8 nitrogen and oxygen atoms in total. The molecule has 2 amide bonds. The highest BCUT2D eigenvalue weighted by molar-refractivity contribution is 7.80. The fourth-order valence-corrected chi connectivity index (χ4v) is 3.83. The van der Waals surface area contributed by atoms with E-state index in [0.29, 0.717) is 27.3 Å². The summed E-state index contributed by atoms with van der Waals surface area (Å²) in [5.41, 5.74) is 1.94. The number of carbonyl (C=O) groups is 3. The summed E-state index contributed by atoms with van der Waals surface area (Å²) in [6.07, 6.45) is -0.642. The van der Waals surface area contributed by atoms with E-state index < -0.39 is 23.7 Å². The Labute approximate surface area is 221 Å². The molecule has 1 atom stereocenters. The molecule has 0 radical (unpaired) electrons. The summed E-state index contributed by atoms with van der Waals surface area (Å²) in [6, 6.07) is 20.2. The number of carbonyl (C=O) groups excluding carboxylic acids is 3. The first-order valence-electron chi connectivity index (χ1n) is 11.5. The number of para-hydroxylation sites is 1. The highest BCUT2D eigenvalue weighted by Crippen LogP contribution is 2.26. The first-order chi connectivity index (χ1) is 17.6. The van der Waals surface area contributed by atoms with E-state index in [1.165, 1.54) is 14.2 Å². The van der Waals surface area contributed by atoms with E-state index in [1.807, 2.05) is 12.1 Å². The van der Waals surface area contributed by atoms with E-state index >= 15 is 0 Å². The first kappa shape index (κ1) is 27.8. The lowest BCUT2D eigenvalue weighted by Gasteiger charge is -2.27. The molecule has 0 unspecified atom stereocenters. The second-order valence-corrected chi connectivity index (χ2v) is 9.20. The number of nitrogens with one attached hydrogen (secondary N) is 2. The molecule has 0 saturated heterocycles. The highest BCUT2D eigenvalue weighted by atomic mass is 32.1. The predicted octanol–water partition coefficient (Wildman–Crippen LogP) is 5.36.